The van der Waals surface area contributed by atoms with Crippen molar-refractivity contribution in [1.29, 1.82) is 0 Å². The predicted octanol–water partition coefficient (Wildman–Crippen LogP) is -0.587. The Labute approximate surface area is 76.8 Å². The second-order valence-corrected chi connectivity index (χ2v) is 2.91. The monoisotopic (exact) mass is 185 g/mol. The number of nitrogens with zero attached hydrogens (tertiary/aromatic N) is 1. The van der Waals surface area contributed by atoms with Crippen molar-refractivity contribution in [1.82, 2.24) is 15.3 Å². The Morgan fingerprint density at radius 3 is 2.92 bits per heavy atom. The summed E-state index contributed by atoms with van der Waals surface area (Å²) in [5, 5.41) is 21.9. The van der Waals surface area contributed by atoms with E-state index >= 15 is 0 Å². The molecule has 0 aliphatic rings. The zero-order valence-corrected chi connectivity index (χ0v) is 7.57. The Kier molecular flexibility index (Phi) is 3.88. The van der Waals surface area contributed by atoms with E-state index in [-0.39, 0.29) is 0 Å². The van der Waals surface area contributed by atoms with Gasteiger partial charge in [-0.05, 0) is 20.0 Å². The van der Waals surface area contributed by atoms with Crippen LogP contribution in [0.3, 0.4) is 0 Å². The number of imidazole rings is 1. The second-order valence-electron chi connectivity index (χ2n) is 2.91. The molecule has 74 valence electrons. The van der Waals surface area contributed by atoms with Crippen molar-refractivity contribution in [2.75, 3.05) is 13.6 Å². The summed E-state index contributed by atoms with van der Waals surface area (Å²) in [6.07, 6.45) is 1.86. The van der Waals surface area contributed by atoms with Crippen LogP contribution in [0.15, 0.2) is 12.5 Å². The van der Waals surface area contributed by atoms with Crippen LogP contribution in [-0.4, -0.2) is 39.9 Å². The predicted molar refractivity (Wildman–Crippen MR) is 48.1 cm³/mol. The van der Waals surface area contributed by atoms with Crippen molar-refractivity contribution in [3.63, 3.8) is 0 Å². The van der Waals surface area contributed by atoms with E-state index < -0.39 is 12.2 Å². The summed E-state index contributed by atoms with van der Waals surface area (Å²) in [7, 11) is 1.80. The average Bonchev–Trinajstić information content (AvgIpc) is 2.65. The minimum absolute atomic E-state index is 0.511. The summed E-state index contributed by atoms with van der Waals surface area (Å²) in [6, 6.07) is 0. The average molecular weight is 185 g/mol. The Bertz CT molecular complexity index is 225. The molecule has 0 amide bonds. The highest BCUT2D eigenvalue weighted by atomic mass is 16.3. The highest BCUT2D eigenvalue weighted by Gasteiger charge is 2.18. The quantitative estimate of drug-likeness (QED) is 0.494. The van der Waals surface area contributed by atoms with Gasteiger partial charge in [-0.1, -0.05) is 0 Å². The maximum atomic E-state index is 9.56. The first-order valence-electron chi connectivity index (χ1n) is 4.24. The van der Waals surface area contributed by atoms with Gasteiger partial charge in [-0.15, -0.1) is 0 Å². The summed E-state index contributed by atoms with van der Waals surface area (Å²) in [5.41, 5.74) is 0.545. The molecule has 1 heterocycles. The van der Waals surface area contributed by atoms with Crippen molar-refractivity contribution >= 4 is 0 Å². The van der Waals surface area contributed by atoms with Crippen LogP contribution < -0.4 is 5.32 Å². The number of hydrogen-bond donors (Lipinski definition) is 4. The number of hydrogen-bond acceptors (Lipinski definition) is 4. The molecule has 4 N–H and O–H groups in total. The summed E-state index contributed by atoms with van der Waals surface area (Å²) in [4.78, 5) is 6.52. The SMILES string of the molecule is CNCCC(O)C(O)c1cnc[nH]1. The van der Waals surface area contributed by atoms with E-state index in [4.69, 9.17) is 0 Å². The van der Waals surface area contributed by atoms with Gasteiger partial charge in [0.15, 0.2) is 0 Å². The third-order valence-electron chi connectivity index (χ3n) is 1.89. The summed E-state index contributed by atoms with van der Waals surface area (Å²) in [5.74, 6) is 0. The van der Waals surface area contributed by atoms with Gasteiger partial charge in [-0.2, -0.15) is 0 Å². The van der Waals surface area contributed by atoms with Crippen LogP contribution in [0.4, 0.5) is 0 Å². The van der Waals surface area contributed by atoms with Gasteiger partial charge in [0.05, 0.1) is 24.3 Å². The first-order valence-corrected chi connectivity index (χ1v) is 4.24. The molecule has 1 aromatic rings. The molecule has 0 aliphatic carbocycles. The van der Waals surface area contributed by atoms with Crippen molar-refractivity contribution in [2.24, 2.45) is 0 Å². The fourth-order valence-electron chi connectivity index (χ4n) is 1.09. The van der Waals surface area contributed by atoms with Crippen molar-refractivity contribution in [3.05, 3.63) is 18.2 Å². The number of aliphatic hydroxyl groups excluding tert-OH is 2. The number of rotatable bonds is 5. The highest BCUT2D eigenvalue weighted by Crippen LogP contribution is 2.15. The van der Waals surface area contributed by atoms with Crippen LogP contribution in [0.25, 0.3) is 0 Å². The summed E-state index contributed by atoms with van der Waals surface area (Å²) in [6.45, 7) is 0.673. The molecular weight excluding hydrogens is 170 g/mol. The van der Waals surface area contributed by atoms with E-state index in [1.54, 1.807) is 7.05 Å². The van der Waals surface area contributed by atoms with Crippen molar-refractivity contribution in [3.8, 4) is 0 Å². The fourth-order valence-corrected chi connectivity index (χ4v) is 1.09. The zero-order valence-electron chi connectivity index (χ0n) is 7.57. The molecule has 0 saturated heterocycles. The lowest BCUT2D eigenvalue weighted by Crippen LogP contribution is -2.23. The molecule has 13 heavy (non-hydrogen) atoms. The van der Waals surface area contributed by atoms with Gasteiger partial charge in [-0.3, -0.25) is 0 Å². The maximum Gasteiger partial charge on any atom is 0.121 e. The lowest BCUT2D eigenvalue weighted by Gasteiger charge is -2.15. The van der Waals surface area contributed by atoms with Crippen LogP contribution >= 0.6 is 0 Å². The standard InChI is InChI=1S/C8H15N3O2/c1-9-3-2-7(12)8(13)6-4-10-5-11-6/h4-5,7-9,12-13H,2-3H2,1H3,(H,10,11). The van der Waals surface area contributed by atoms with Gasteiger partial charge in [0.2, 0.25) is 0 Å². The van der Waals surface area contributed by atoms with E-state index in [0.29, 0.717) is 18.7 Å². The third kappa shape index (κ3) is 2.80. The lowest BCUT2D eigenvalue weighted by molar-refractivity contribution is 0.0117. The van der Waals surface area contributed by atoms with E-state index in [0.717, 1.165) is 0 Å². The molecule has 0 aliphatic heterocycles. The molecule has 2 unspecified atom stereocenters. The zero-order chi connectivity index (χ0) is 9.68. The largest absolute Gasteiger partial charge is 0.390 e. The molecule has 0 radical (unpaired) electrons. The fraction of sp³-hybridized carbons (Fsp3) is 0.625. The minimum Gasteiger partial charge on any atom is -0.390 e. The molecule has 2 atom stereocenters. The first-order chi connectivity index (χ1) is 6.25. The van der Waals surface area contributed by atoms with Crippen LogP contribution in [-0.2, 0) is 0 Å². The Morgan fingerprint density at radius 2 is 2.38 bits per heavy atom. The van der Waals surface area contributed by atoms with Crippen LogP contribution in [0.1, 0.15) is 18.2 Å². The van der Waals surface area contributed by atoms with E-state index in [2.05, 4.69) is 15.3 Å². The van der Waals surface area contributed by atoms with E-state index in [9.17, 15) is 10.2 Å². The van der Waals surface area contributed by atoms with Crippen LogP contribution in [0, 0.1) is 0 Å². The topological polar surface area (TPSA) is 81.2 Å². The second kappa shape index (κ2) is 4.96. The molecule has 1 aromatic heterocycles. The van der Waals surface area contributed by atoms with Crippen LogP contribution in [0.5, 0.6) is 0 Å². The number of aromatic nitrogens is 2. The van der Waals surface area contributed by atoms with Gasteiger partial charge in [0.25, 0.3) is 0 Å². The Balaban J connectivity index is 2.43. The Morgan fingerprint density at radius 1 is 1.62 bits per heavy atom. The number of nitrogens with one attached hydrogen (secondary N) is 2. The molecule has 0 bridgehead atoms. The van der Waals surface area contributed by atoms with Gasteiger partial charge >= 0.3 is 0 Å². The van der Waals surface area contributed by atoms with Gasteiger partial charge in [0.1, 0.15) is 6.10 Å². The van der Waals surface area contributed by atoms with Gasteiger partial charge < -0.3 is 20.5 Å². The van der Waals surface area contributed by atoms with Crippen molar-refractivity contribution in [2.45, 2.75) is 18.6 Å². The summed E-state index contributed by atoms with van der Waals surface area (Å²) < 4.78 is 0. The lowest BCUT2D eigenvalue weighted by atomic mass is 10.1. The molecule has 0 spiro atoms. The van der Waals surface area contributed by atoms with Gasteiger partial charge in [0, 0.05) is 0 Å². The number of aliphatic hydroxyl groups is 2. The van der Waals surface area contributed by atoms with E-state index in [1.807, 2.05) is 0 Å². The molecule has 0 aromatic carbocycles. The third-order valence-corrected chi connectivity index (χ3v) is 1.89. The maximum absolute atomic E-state index is 9.56. The molecular formula is C8H15N3O2. The molecule has 5 nitrogen and oxygen atoms in total. The summed E-state index contributed by atoms with van der Waals surface area (Å²) >= 11 is 0. The minimum atomic E-state index is -0.879. The normalized spacial score (nSPS) is 15.6. The molecule has 1 rings (SSSR count). The first kappa shape index (κ1) is 10.2. The molecule has 5 heteroatoms. The Hall–Kier alpha value is -0.910. The molecule has 0 fully saturated rings. The number of aromatic amines is 1. The van der Waals surface area contributed by atoms with Gasteiger partial charge in [-0.25, -0.2) is 4.98 Å². The molecule has 0 saturated carbocycles. The van der Waals surface area contributed by atoms with Crippen LogP contribution in [0.2, 0.25) is 0 Å². The van der Waals surface area contributed by atoms with E-state index in [1.165, 1.54) is 12.5 Å². The van der Waals surface area contributed by atoms with Crippen molar-refractivity contribution < 1.29 is 10.2 Å². The number of H-pyrrole nitrogens is 1. The highest BCUT2D eigenvalue weighted by molar-refractivity contribution is 5.01. The smallest absolute Gasteiger partial charge is 0.121 e.